The number of rotatable bonds is 6. The number of likely N-dealkylation sites (N-methyl/N-ethyl adjacent to an activating group) is 2. The minimum absolute atomic E-state index is 0. The fraction of sp³-hybridized carbons (Fsp3) is 0.462. The molecule has 0 saturated heterocycles. The van der Waals surface area contributed by atoms with Crippen molar-refractivity contribution in [3.8, 4) is 0 Å². The van der Waals surface area contributed by atoms with E-state index in [1.165, 1.54) is 0 Å². The number of halogens is 2. The number of hydrogen-bond acceptors (Lipinski definition) is 3. The lowest BCUT2D eigenvalue weighted by atomic mass is 10.2. The Labute approximate surface area is 128 Å². The Morgan fingerprint density at radius 2 is 1.68 bits per heavy atom. The van der Waals surface area contributed by atoms with E-state index in [2.05, 4.69) is 10.2 Å². The van der Waals surface area contributed by atoms with Crippen molar-refractivity contribution in [2.24, 2.45) is 0 Å². The van der Waals surface area contributed by atoms with Crippen LogP contribution >= 0.6 is 24.8 Å². The number of para-hydroxylation sites is 1. The normalized spacial score (nSPS) is 9.47. The molecule has 0 saturated carbocycles. The van der Waals surface area contributed by atoms with Crippen LogP contribution in [0.15, 0.2) is 30.3 Å². The largest absolute Gasteiger partial charge is 0.311 e. The van der Waals surface area contributed by atoms with Crippen LogP contribution in [0.1, 0.15) is 0 Å². The Morgan fingerprint density at radius 1 is 1.11 bits per heavy atom. The van der Waals surface area contributed by atoms with Crippen LogP contribution in [0.3, 0.4) is 0 Å². The Bertz CT molecular complexity index is 347. The van der Waals surface area contributed by atoms with E-state index < -0.39 is 0 Å². The van der Waals surface area contributed by atoms with Gasteiger partial charge in [-0.05, 0) is 33.3 Å². The highest BCUT2D eigenvalue weighted by molar-refractivity contribution is 5.94. The van der Waals surface area contributed by atoms with E-state index >= 15 is 0 Å². The van der Waals surface area contributed by atoms with Crippen molar-refractivity contribution in [2.45, 2.75) is 0 Å². The summed E-state index contributed by atoms with van der Waals surface area (Å²) in [4.78, 5) is 15.9. The monoisotopic (exact) mass is 307 g/mol. The number of amides is 1. The summed E-state index contributed by atoms with van der Waals surface area (Å²) < 4.78 is 0. The molecule has 0 heterocycles. The molecule has 0 aliphatic carbocycles. The van der Waals surface area contributed by atoms with Crippen molar-refractivity contribution in [1.82, 2.24) is 10.2 Å². The number of anilines is 1. The van der Waals surface area contributed by atoms with Crippen molar-refractivity contribution in [3.63, 3.8) is 0 Å². The summed E-state index contributed by atoms with van der Waals surface area (Å²) in [5.41, 5.74) is 0.953. The summed E-state index contributed by atoms with van der Waals surface area (Å²) >= 11 is 0. The van der Waals surface area contributed by atoms with Crippen molar-refractivity contribution in [2.75, 3.05) is 45.7 Å². The van der Waals surface area contributed by atoms with Crippen LogP contribution in [0.4, 0.5) is 5.69 Å². The Balaban J connectivity index is 0. The molecule has 4 nitrogen and oxygen atoms in total. The van der Waals surface area contributed by atoms with Gasteiger partial charge in [-0.25, -0.2) is 0 Å². The van der Waals surface area contributed by atoms with E-state index in [4.69, 9.17) is 0 Å². The lowest BCUT2D eigenvalue weighted by molar-refractivity contribution is -0.117. The fourth-order valence-corrected chi connectivity index (χ4v) is 1.55. The van der Waals surface area contributed by atoms with E-state index in [-0.39, 0.29) is 30.7 Å². The van der Waals surface area contributed by atoms with Crippen molar-refractivity contribution in [3.05, 3.63) is 30.3 Å². The van der Waals surface area contributed by atoms with Gasteiger partial charge in [0.2, 0.25) is 5.91 Å². The smallest absolute Gasteiger partial charge is 0.240 e. The maximum atomic E-state index is 12.0. The van der Waals surface area contributed by atoms with Gasteiger partial charge in [0.25, 0.3) is 0 Å². The van der Waals surface area contributed by atoms with E-state index in [1.54, 1.807) is 7.05 Å². The first-order chi connectivity index (χ1) is 8.15. The first kappa shape index (κ1) is 20.5. The van der Waals surface area contributed by atoms with E-state index in [1.807, 2.05) is 49.3 Å². The third-order valence-corrected chi connectivity index (χ3v) is 2.47. The van der Waals surface area contributed by atoms with Gasteiger partial charge in [-0.15, -0.1) is 24.8 Å². The predicted octanol–water partition coefficient (Wildman–Crippen LogP) is 1.64. The second-order valence-corrected chi connectivity index (χ2v) is 4.21. The van der Waals surface area contributed by atoms with Crippen molar-refractivity contribution in [1.29, 1.82) is 0 Å². The van der Waals surface area contributed by atoms with Gasteiger partial charge >= 0.3 is 0 Å². The summed E-state index contributed by atoms with van der Waals surface area (Å²) in [6, 6.07) is 9.78. The molecule has 0 spiro atoms. The summed E-state index contributed by atoms with van der Waals surface area (Å²) in [7, 11) is 5.80. The number of carbonyl (C=O) groups is 1. The molecular formula is C13H23Cl2N3O. The highest BCUT2D eigenvalue weighted by Gasteiger charge is 2.14. The zero-order valence-corrected chi connectivity index (χ0v) is 13.3. The summed E-state index contributed by atoms with van der Waals surface area (Å²) in [5, 5.41) is 2.90. The summed E-state index contributed by atoms with van der Waals surface area (Å²) in [6.45, 7) is 1.92. The molecule has 1 aromatic rings. The number of nitrogens with zero attached hydrogens (tertiary/aromatic N) is 2. The van der Waals surface area contributed by atoms with Gasteiger partial charge in [0, 0.05) is 18.8 Å². The fourth-order valence-electron chi connectivity index (χ4n) is 1.55. The van der Waals surface area contributed by atoms with Gasteiger partial charge < -0.3 is 15.1 Å². The molecule has 1 rings (SSSR count). The minimum Gasteiger partial charge on any atom is -0.311 e. The highest BCUT2D eigenvalue weighted by atomic mass is 35.5. The number of hydrogen-bond donors (Lipinski definition) is 1. The molecule has 0 radical (unpaired) electrons. The third-order valence-electron chi connectivity index (χ3n) is 2.47. The van der Waals surface area contributed by atoms with Gasteiger partial charge in [0.1, 0.15) is 0 Å². The van der Waals surface area contributed by atoms with E-state index in [0.29, 0.717) is 13.1 Å². The molecule has 1 aromatic carbocycles. The van der Waals surface area contributed by atoms with Crippen LogP contribution in [0.25, 0.3) is 0 Å². The topological polar surface area (TPSA) is 35.6 Å². The number of benzene rings is 1. The molecule has 6 heteroatoms. The molecule has 19 heavy (non-hydrogen) atoms. The second-order valence-electron chi connectivity index (χ2n) is 4.21. The lowest BCUT2D eigenvalue weighted by Crippen LogP contribution is -2.41. The van der Waals surface area contributed by atoms with E-state index in [9.17, 15) is 4.79 Å². The Morgan fingerprint density at radius 3 is 2.16 bits per heavy atom. The van der Waals surface area contributed by atoms with Gasteiger partial charge in [-0.1, -0.05) is 18.2 Å². The molecule has 0 bridgehead atoms. The van der Waals surface area contributed by atoms with Crippen LogP contribution in [0, 0.1) is 0 Å². The second kappa shape index (κ2) is 11.1. The standard InChI is InChI=1S/C13H21N3O.2ClH/c1-14-11-13(17)16(10-9-15(2)3)12-7-5-4-6-8-12;;/h4-8,14H,9-11H2,1-3H3;2*1H. The maximum absolute atomic E-state index is 12.0. The first-order valence-electron chi connectivity index (χ1n) is 5.80. The molecule has 0 fully saturated rings. The quantitative estimate of drug-likeness (QED) is 0.868. The lowest BCUT2D eigenvalue weighted by Gasteiger charge is -2.24. The molecule has 0 aliphatic rings. The number of carbonyl (C=O) groups excluding carboxylic acids is 1. The molecule has 1 amide bonds. The molecule has 1 N–H and O–H groups in total. The average molecular weight is 308 g/mol. The van der Waals surface area contributed by atoms with Crippen LogP contribution in [-0.2, 0) is 4.79 Å². The minimum atomic E-state index is 0. The van der Waals surface area contributed by atoms with Crippen LogP contribution in [-0.4, -0.2) is 51.6 Å². The van der Waals surface area contributed by atoms with Gasteiger partial charge in [-0.3, -0.25) is 4.79 Å². The predicted molar refractivity (Wildman–Crippen MR) is 85.8 cm³/mol. The van der Waals surface area contributed by atoms with Gasteiger partial charge in [0.05, 0.1) is 6.54 Å². The van der Waals surface area contributed by atoms with Crippen LogP contribution < -0.4 is 10.2 Å². The highest BCUT2D eigenvalue weighted by Crippen LogP contribution is 2.12. The third kappa shape index (κ3) is 7.38. The summed E-state index contributed by atoms with van der Waals surface area (Å²) in [5.74, 6) is 0.0977. The van der Waals surface area contributed by atoms with Crippen LogP contribution in [0.2, 0.25) is 0 Å². The van der Waals surface area contributed by atoms with Gasteiger partial charge in [0.15, 0.2) is 0 Å². The van der Waals surface area contributed by atoms with Crippen molar-refractivity contribution < 1.29 is 4.79 Å². The molecule has 0 aliphatic heterocycles. The molecular weight excluding hydrogens is 285 g/mol. The molecule has 0 aromatic heterocycles. The Hall–Kier alpha value is -0.810. The maximum Gasteiger partial charge on any atom is 0.240 e. The SMILES string of the molecule is CNCC(=O)N(CCN(C)C)c1ccccc1.Cl.Cl. The first-order valence-corrected chi connectivity index (χ1v) is 5.80. The Kier molecular flexibility index (Phi) is 11.9. The molecule has 0 unspecified atom stereocenters. The van der Waals surface area contributed by atoms with Gasteiger partial charge in [-0.2, -0.15) is 0 Å². The average Bonchev–Trinajstić information content (AvgIpc) is 2.30. The number of nitrogens with one attached hydrogen (secondary N) is 1. The van der Waals surface area contributed by atoms with Crippen molar-refractivity contribution >= 4 is 36.4 Å². The molecule has 0 atom stereocenters. The van der Waals surface area contributed by atoms with Crippen LogP contribution in [0.5, 0.6) is 0 Å². The summed E-state index contributed by atoms with van der Waals surface area (Å²) in [6.07, 6.45) is 0. The zero-order chi connectivity index (χ0) is 12.7. The zero-order valence-electron chi connectivity index (χ0n) is 11.6. The van der Waals surface area contributed by atoms with E-state index in [0.717, 1.165) is 12.2 Å². The molecule has 110 valence electrons.